The van der Waals surface area contributed by atoms with Crippen LogP contribution >= 0.6 is 0 Å². The Morgan fingerprint density at radius 1 is 1.19 bits per heavy atom. The highest BCUT2D eigenvalue weighted by Gasteiger charge is 2.19. The summed E-state index contributed by atoms with van der Waals surface area (Å²) in [5.41, 5.74) is 0.459. The predicted molar refractivity (Wildman–Crippen MR) is 80.4 cm³/mol. The number of hydrogen-bond donors (Lipinski definition) is 0. The van der Waals surface area contributed by atoms with Gasteiger partial charge < -0.3 is 14.4 Å². The number of nitrogens with zero attached hydrogens (tertiary/aromatic N) is 1. The van der Waals surface area contributed by atoms with Crippen LogP contribution in [0.15, 0.2) is 24.3 Å². The minimum atomic E-state index is -0.419. The number of rotatable bonds is 8. The monoisotopic (exact) mass is 293 g/mol. The second-order valence-electron chi connectivity index (χ2n) is 4.66. The average Bonchev–Trinajstić information content (AvgIpc) is 2.47. The van der Waals surface area contributed by atoms with E-state index >= 15 is 0 Å². The van der Waals surface area contributed by atoms with E-state index in [9.17, 15) is 9.59 Å². The number of esters is 1. The third kappa shape index (κ3) is 5.45. The first-order valence-electron chi connectivity index (χ1n) is 7.23. The summed E-state index contributed by atoms with van der Waals surface area (Å²) < 4.78 is 10.5. The van der Waals surface area contributed by atoms with Crippen LogP contribution in [0.1, 0.15) is 37.0 Å². The van der Waals surface area contributed by atoms with Gasteiger partial charge in [-0.1, -0.05) is 25.5 Å². The number of ether oxygens (including phenoxy) is 2. The molecule has 0 unspecified atom stereocenters. The van der Waals surface area contributed by atoms with Gasteiger partial charge in [0.25, 0.3) is 5.91 Å². The van der Waals surface area contributed by atoms with Crippen molar-refractivity contribution in [1.29, 1.82) is 0 Å². The van der Waals surface area contributed by atoms with Gasteiger partial charge in [-0.3, -0.25) is 9.59 Å². The number of amides is 1. The summed E-state index contributed by atoms with van der Waals surface area (Å²) in [7, 11) is 1.57. The highest BCUT2D eigenvalue weighted by Crippen LogP contribution is 2.19. The summed E-state index contributed by atoms with van der Waals surface area (Å²) in [6.45, 7) is 4.61. The fourth-order valence-electron chi connectivity index (χ4n) is 1.77. The van der Waals surface area contributed by atoms with Gasteiger partial charge in [0, 0.05) is 7.05 Å². The highest BCUT2D eigenvalue weighted by atomic mass is 16.5. The molecule has 0 atom stereocenters. The van der Waals surface area contributed by atoms with E-state index in [1.165, 1.54) is 4.90 Å². The third-order valence-electron chi connectivity index (χ3n) is 2.89. The summed E-state index contributed by atoms with van der Waals surface area (Å²) in [6.07, 6.45) is 1.96. The molecular weight excluding hydrogens is 270 g/mol. The zero-order valence-electron chi connectivity index (χ0n) is 12.9. The lowest BCUT2D eigenvalue weighted by Gasteiger charge is -2.18. The Balaban J connectivity index is 2.74. The number of carbonyl (C=O) groups excluding carboxylic acids is 2. The van der Waals surface area contributed by atoms with E-state index in [4.69, 9.17) is 9.47 Å². The SMILES string of the molecule is CCCCOc1ccccc1C(=O)N(C)CC(=O)OCC. The Labute approximate surface area is 125 Å². The molecule has 0 fully saturated rings. The van der Waals surface area contributed by atoms with Gasteiger partial charge in [0.2, 0.25) is 0 Å². The topological polar surface area (TPSA) is 55.8 Å². The molecule has 1 rings (SSSR count). The normalized spacial score (nSPS) is 10.0. The van der Waals surface area contributed by atoms with Crippen LogP contribution in [0.3, 0.4) is 0 Å². The quantitative estimate of drug-likeness (QED) is 0.546. The number of unbranched alkanes of at least 4 members (excludes halogenated alkanes) is 1. The Morgan fingerprint density at radius 2 is 1.90 bits per heavy atom. The van der Waals surface area contributed by atoms with E-state index in [1.54, 1.807) is 32.2 Å². The van der Waals surface area contributed by atoms with E-state index in [-0.39, 0.29) is 12.5 Å². The molecule has 0 aliphatic rings. The van der Waals surface area contributed by atoms with E-state index in [1.807, 2.05) is 6.07 Å². The van der Waals surface area contributed by atoms with Crippen molar-refractivity contribution in [3.8, 4) is 5.75 Å². The van der Waals surface area contributed by atoms with Gasteiger partial charge in [-0.05, 0) is 25.5 Å². The largest absolute Gasteiger partial charge is 0.493 e. The number of likely N-dealkylation sites (N-methyl/N-ethyl adjacent to an activating group) is 1. The summed E-state index contributed by atoms with van der Waals surface area (Å²) in [4.78, 5) is 25.1. The predicted octanol–water partition coefficient (Wildman–Crippen LogP) is 2.50. The van der Waals surface area contributed by atoms with Crippen molar-refractivity contribution in [2.45, 2.75) is 26.7 Å². The zero-order valence-corrected chi connectivity index (χ0v) is 12.9. The molecule has 1 amide bonds. The molecule has 5 nitrogen and oxygen atoms in total. The van der Waals surface area contributed by atoms with E-state index in [0.717, 1.165) is 12.8 Å². The summed E-state index contributed by atoms with van der Waals surface area (Å²) in [5, 5.41) is 0. The fraction of sp³-hybridized carbons (Fsp3) is 0.500. The Kier molecular flexibility index (Phi) is 7.29. The second-order valence-corrected chi connectivity index (χ2v) is 4.66. The van der Waals surface area contributed by atoms with Gasteiger partial charge >= 0.3 is 5.97 Å². The van der Waals surface area contributed by atoms with E-state index in [0.29, 0.717) is 24.5 Å². The first kappa shape index (κ1) is 17.0. The van der Waals surface area contributed by atoms with Crippen molar-refractivity contribution >= 4 is 11.9 Å². The zero-order chi connectivity index (χ0) is 15.7. The van der Waals surface area contributed by atoms with E-state index in [2.05, 4.69) is 6.92 Å². The fourth-order valence-corrected chi connectivity index (χ4v) is 1.77. The molecule has 21 heavy (non-hydrogen) atoms. The number of para-hydroxylation sites is 1. The minimum absolute atomic E-state index is 0.0734. The van der Waals surface area contributed by atoms with Gasteiger partial charge in [-0.25, -0.2) is 0 Å². The van der Waals surface area contributed by atoms with Crippen molar-refractivity contribution < 1.29 is 19.1 Å². The molecule has 0 radical (unpaired) electrons. The third-order valence-corrected chi connectivity index (χ3v) is 2.89. The molecule has 0 aliphatic heterocycles. The summed E-state index contributed by atoms with van der Waals surface area (Å²) in [6, 6.07) is 7.06. The van der Waals surface area contributed by atoms with Crippen LogP contribution in [0.4, 0.5) is 0 Å². The van der Waals surface area contributed by atoms with Crippen molar-refractivity contribution in [2.24, 2.45) is 0 Å². The van der Waals surface area contributed by atoms with E-state index < -0.39 is 5.97 Å². The lowest BCUT2D eigenvalue weighted by molar-refractivity contribution is -0.143. The van der Waals surface area contributed by atoms with Crippen LogP contribution < -0.4 is 4.74 Å². The molecule has 0 spiro atoms. The lowest BCUT2D eigenvalue weighted by atomic mass is 10.1. The van der Waals surface area contributed by atoms with Gasteiger partial charge in [0.05, 0.1) is 18.8 Å². The molecule has 0 N–H and O–H groups in total. The van der Waals surface area contributed by atoms with Gasteiger partial charge in [-0.2, -0.15) is 0 Å². The van der Waals surface area contributed by atoms with Crippen LogP contribution in [-0.2, 0) is 9.53 Å². The van der Waals surface area contributed by atoms with Crippen LogP contribution in [0.5, 0.6) is 5.75 Å². The molecule has 1 aromatic rings. The first-order valence-corrected chi connectivity index (χ1v) is 7.23. The number of benzene rings is 1. The highest BCUT2D eigenvalue weighted by molar-refractivity contribution is 5.98. The minimum Gasteiger partial charge on any atom is -0.493 e. The molecule has 0 saturated carbocycles. The Bertz CT molecular complexity index is 473. The van der Waals surface area contributed by atoms with Gasteiger partial charge in [0.15, 0.2) is 0 Å². The van der Waals surface area contributed by atoms with Crippen molar-refractivity contribution in [2.75, 3.05) is 26.8 Å². The molecule has 0 aromatic heterocycles. The molecule has 116 valence electrons. The Hall–Kier alpha value is -2.04. The molecule has 0 saturated heterocycles. The Morgan fingerprint density at radius 3 is 2.57 bits per heavy atom. The molecule has 0 aliphatic carbocycles. The first-order chi connectivity index (χ1) is 10.1. The standard InChI is InChI=1S/C16H23NO4/c1-4-6-11-21-14-10-8-7-9-13(14)16(19)17(3)12-15(18)20-5-2/h7-10H,4-6,11-12H2,1-3H3. The molecule has 0 bridgehead atoms. The smallest absolute Gasteiger partial charge is 0.325 e. The maximum atomic E-state index is 12.4. The lowest BCUT2D eigenvalue weighted by Crippen LogP contribution is -2.33. The van der Waals surface area contributed by atoms with Crippen LogP contribution in [0.2, 0.25) is 0 Å². The van der Waals surface area contributed by atoms with Crippen LogP contribution in [-0.4, -0.2) is 43.6 Å². The number of carbonyl (C=O) groups is 2. The van der Waals surface area contributed by atoms with Crippen LogP contribution in [0.25, 0.3) is 0 Å². The second kappa shape index (κ2) is 9.00. The molecule has 0 heterocycles. The maximum Gasteiger partial charge on any atom is 0.325 e. The summed E-state index contributed by atoms with van der Waals surface area (Å²) in [5.74, 6) is -0.125. The van der Waals surface area contributed by atoms with Crippen molar-refractivity contribution in [1.82, 2.24) is 4.90 Å². The molecule has 5 heteroatoms. The maximum absolute atomic E-state index is 12.4. The van der Waals surface area contributed by atoms with Crippen molar-refractivity contribution in [3.05, 3.63) is 29.8 Å². The van der Waals surface area contributed by atoms with Gasteiger partial charge in [-0.15, -0.1) is 0 Å². The van der Waals surface area contributed by atoms with Crippen LogP contribution in [0, 0.1) is 0 Å². The molecule has 1 aromatic carbocycles. The average molecular weight is 293 g/mol. The summed E-state index contributed by atoms with van der Waals surface area (Å²) >= 11 is 0. The number of hydrogen-bond acceptors (Lipinski definition) is 4. The van der Waals surface area contributed by atoms with Gasteiger partial charge in [0.1, 0.15) is 12.3 Å². The van der Waals surface area contributed by atoms with Crippen molar-refractivity contribution in [3.63, 3.8) is 0 Å². The molecular formula is C16H23NO4.